The van der Waals surface area contributed by atoms with Gasteiger partial charge in [-0.15, -0.1) is 0 Å². The minimum Gasteiger partial charge on any atom is -0.361 e. The topological polar surface area (TPSA) is 84.6 Å². The number of nitrogens with two attached hydrogens (primary N) is 1. The van der Waals surface area contributed by atoms with Crippen LogP contribution in [0.4, 0.5) is 0 Å². The van der Waals surface area contributed by atoms with Gasteiger partial charge in [0.05, 0.1) is 5.71 Å². The van der Waals surface area contributed by atoms with Crippen molar-refractivity contribution in [1.29, 1.82) is 0 Å². The summed E-state index contributed by atoms with van der Waals surface area (Å²) < 4.78 is 0. The van der Waals surface area contributed by atoms with Crippen LogP contribution in [0.5, 0.6) is 0 Å². The van der Waals surface area contributed by atoms with Gasteiger partial charge in [0.15, 0.2) is 0 Å². The zero-order valence-corrected chi connectivity index (χ0v) is 12.6. The molecule has 2 amide bonds. The Labute approximate surface area is 120 Å². The van der Waals surface area contributed by atoms with Crippen LogP contribution in [0, 0.1) is 5.41 Å². The first-order valence-corrected chi connectivity index (χ1v) is 6.76. The molecule has 0 spiro atoms. The molecular formula is C15H23N3O2. The molecule has 110 valence electrons. The predicted octanol–water partition coefficient (Wildman–Crippen LogP) is 2.05. The third-order valence-electron chi connectivity index (χ3n) is 3.59. The molecule has 0 aromatic carbocycles. The number of carbonyl (C=O) groups excluding carboxylic acids is 2. The molecular weight excluding hydrogens is 254 g/mol. The summed E-state index contributed by atoms with van der Waals surface area (Å²) in [7, 11) is 0. The summed E-state index contributed by atoms with van der Waals surface area (Å²) in [6.07, 6.45) is 7.39. The number of hydrogen-bond donors (Lipinski definition) is 2. The van der Waals surface area contributed by atoms with E-state index in [1.807, 2.05) is 12.2 Å². The Balaban J connectivity index is 2.78. The SMILES string of the molecule is CC1=C(/C=C/C(C)=N/NC(=O)C(N)=O)C(C)(C)CCC1. The summed E-state index contributed by atoms with van der Waals surface area (Å²) in [4.78, 5) is 21.5. The molecule has 20 heavy (non-hydrogen) atoms. The van der Waals surface area contributed by atoms with E-state index < -0.39 is 11.8 Å². The minimum atomic E-state index is -1.04. The Hall–Kier alpha value is -1.91. The fraction of sp³-hybridized carbons (Fsp3) is 0.533. The summed E-state index contributed by atoms with van der Waals surface area (Å²) in [6.45, 7) is 8.37. The predicted molar refractivity (Wildman–Crippen MR) is 79.9 cm³/mol. The molecule has 1 rings (SSSR count). The van der Waals surface area contributed by atoms with Crippen molar-refractivity contribution in [3.8, 4) is 0 Å². The maximum Gasteiger partial charge on any atom is 0.329 e. The minimum absolute atomic E-state index is 0.162. The number of amides is 2. The Morgan fingerprint density at radius 1 is 1.40 bits per heavy atom. The van der Waals surface area contributed by atoms with Gasteiger partial charge in [0.1, 0.15) is 0 Å². The zero-order chi connectivity index (χ0) is 15.3. The molecule has 0 radical (unpaired) electrons. The molecule has 3 N–H and O–H groups in total. The van der Waals surface area contributed by atoms with Crippen LogP contribution in [0.3, 0.4) is 0 Å². The van der Waals surface area contributed by atoms with Gasteiger partial charge in [0.2, 0.25) is 0 Å². The highest BCUT2D eigenvalue weighted by Gasteiger charge is 2.26. The molecule has 0 bridgehead atoms. The monoisotopic (exact) mass is 277 g/mol. The van der Waals surface area contributed by atoms with Gasteiger partial charge in [-0.3, -0.25) is 9.59 Å². The number of primary amides is 1. The van der Waals surface area contributed by atoms with Gasteiger partial charge in [-0.25, -0.2) is 5.43 Å². The Kier molecular flexibility index (Phi) is 5.25. The van der Waals surface area contributed by atoms with Crippen LogP contribution >= 0.6 is 0 Å². The van der Waals surface area contributed by atoms with Gasteiger partial charge < -0.3 is 5.73 Å². The lowest BCUT2D eigenvalue weighted by Gasteiger charge is -2.32. The van der Waals surface area contributed by atoms with E-state index in [9.17, 15) is 9.59 Å². The van der Waals surface area contributed by atoms with Crippen molar-refractivity contribution in [1.82, 2.24) is 5.43 Å². The summed E-state index contributed by atoms with van der Waals surface area (Å²) in [5, 5.41) is 3.81. The maximum absolute atomic E-state index is 11.0. The first-order valence-electron chi connectivity index (χ1n) is 6.76. The van der Waals surface area contributed by atoms with Crippen LogP contribution in [0.1, 0.15) is 47.0 Å². The lowest BCUT2D eigenvalue weighted by molar-refractivity contribution is -0.137. The molecule has 5 nitrogen and oxygen atoms in total. The van der Waals surface area contributed by atoms with Gasteiger partial charge in [-0.1, -0.05) is 25.5 Å². The smallest absolute Gasteiger partial charge is 0.329 e. The fourth-order valence-electron chi connectivity index (χ4n) is 2.45. The van der Waals surface area contributed by atoms with E-state index in [2.05, 4.69) is 31.3 Å². The van der Waals surface area contributed by atoms with Crippen molar-refractivity contribution < 1.29 is 9.59 Å². The average Bonchev–Trinajstić information content (AvgIpc) is 2.34. The van der Waals surface area contributed by atoms with Gasteiger partial charge in [-0.2, -0.15) is 5.10 Å². The number of carbonyl (C=O) groups is 2. The van der Waals surface area contributed by atoms with E-state index >= 15 is 0 Å². The van der Waals surface area contributed by atoms with E-state index in [-0.39, 0.29) is 5.41 Å². The highest BCUT2D eigenvalue weighted by Crippen LogP contribution is 2.40. The van der Waals surface area contributed by atoms with Crippen molar-refractivity contribution in [2.24, 2.45) is 16.3 Å². The molecule has 1 aliphatic carbocycles. The summed E-state index contributed by atoms with van der Waals surface area (Å²) in [5.74, 6) is -1.95. The Morgan fingerprint density at radius 3 is 2.60 bits per heavy atom. The van der Waals surface area contributed by atoms with Crippen molar-refractivity contribution in [3.05, 3.63) is 23.3 Å². The van der Waals surface area contributed by atoms with Crippen LogP contribution in [-0.4, -0.2) is 17.5 Å². The fourth-order valence-corrected chi connectivity index (χ4v) is 2.45. The number of hydrogen-bond acceptors (Lipinski definition) is 3. The van der Waals surface area contributed by atoms with E-state index in [0.717, 1.165) is 6.42 Å². The van der Waals surface area contributed by atoms with E-state index in [1.54, 1.807) is 6.92 Å². The Morgan fingerprint density at radius 2 is 2.05 bits per heavy atom. The summed E-state index contributed by atoms with van der Waals surface area (Å²) in [6, 6.07) is 0. The quantitative estimate of drug-likeness (QED) is 0.470. The molecule has 0 aromatic rings. The molecule has 0 heterocycles. The van der Waals surface area contributed by atoms with Gasteiger partial charge in [0.25, 0.3) is 0 Å². The van der Waals surface area contributed by atoms with Crippen molar-refractivity contribution in [2.45, 2.75) is 47.0 Å². The second-order valence-corrected chi connectivity index (χ2v) is 5.82. The molecule has 0 saturated carbocycles. The second kappa shape index (κ2) is 6.50. The Bertz CT molecular complexity index is 499. The molecule has 0 unspecified atom stereocenters. The number of nitrogens with one attached hydrogen (secondary N) is 1. The summed E-state index contributed by atoms with van der Waals surface area (Å²) in [5.41, 5.74) is 10.4. The first kappa shape index (κ1) is 16.1. The van der Waals surface area contributed by atoms with E-state index in [4.69, 9.17) is 5.73 Å². The molecule has 0 atom stereocenters. The largest absolute Gasteiger partial charge is 0.361 e. The van der Waals surface area contributed by atoms with E-state index in [1.165, 1.54) is 24.0 Å². The van der Waals surface area contributed by atoms with Crippen molar-refractivity contribution in [2.75, 3.05) is 0 Å². The van der Waals surface area contributed by atoms with Crippen LogP contribution in [0.25, 0.3) is 0 Å². The summed E-state index contributed by atoms with van der Waals surface area (Å²) >= 11 is 0. The molecule has 1 aliphatic rings. The number of hydrazone groups is 1. The third-order valence-corrected chi connectivity index (χ3v) is 3.59. The standard InChI is InChI=1S/C15H23N3O2/c1-10-6-5-9-15(3,4)12(10)8-7-11(2)17-18-14(20)13(16)19/h7-8H,5-6,9H2,1-4H3,(H2,16,19)(H,18,20)/b8-7+,17-11+. The third kappa shape index (κ3) is 4.33. The first-order chi connectivity index (χ1) is 9.24. The zero-order valence-electron chi connectivity index (χ0n) is 12.6. The normalized spacial score (nSPS) is 19.3. The lowest BCUT2D eigenvalue weighted by Crippen LogP contribution is -2.33. The highest BCUT2D eigenvalue weighted by molar-refractivity contribution is 6.34. The van der Waals surface area contributed by atoms with Crippen LogP contribution in [0.2, 0.25) is 0 Å². The highest BCUT2D eigenvalue weighted by atomic mass is 16.2. The van der Waals surface area contributed by atoms with Crippen LogP contribution in [0.15, 0.2) is 28.4 Å². The van der Waals surface area contributed by atoms with E-state index in [0.29, 0.717) is 5.71 Å². The molecule has 0 saturated heterocycles. The number of nitrogens with zero attached hydrogens (tertiary/aromatic N) is 1. The molecule has 5 heteroatoms. The maximum atomic E-state index is 11.0. The molecule has 0 aromatic heterocycles. The van der Waals surface area contributed by atoms with Crippen molar-refractivity contribution in [3.63, 3.8) is 0 Å². The van der Waals surface area contributed by atoms with Crippen molar-refractivity contribution >= 4 is 17.5 Å². The number of allylic oxidation sites excluding steroid dienone is 4. The van der Waals surface area contributed by atoms with Crippen LogP contribution in [-0.2, 0) is 9.59 Å². The molecule has 0 fully saturated rings. The van der Waals surface area contributed by atoms with Crippen LogP contribution < -0.4 is 11.2 Å². The lowest BCUT2D eigenvalue weighted by atomic mass is 9.72. The second-order valence-electron chi connectivity index (χ2n) is 5.82. The number of rotatable bonds is 3. The van der Waals surface area contributed by atoms with Gasteiger partial charge >= 0.3 is 11.8 Å². The molecule has 0 aliphatic heterocycles. The van der Waals surface area contributed by atoms with Gasteiger partial charge in [-0.05, 0) is 50.2 Å². The average molecular weight is 277 g/mol. The van der Waals surface area contributed by atoms with Gasteiger partial charge in [0, 0.05) is 0 Å².